The van der Waals surface area contributed by atoms with Crippen molar-refractivity contribution in [2.75, 3.05) is 19.7 Å². The van der Waals surface area contributed by atoms with Gasteiger partial charge in [0.05, 0.1) is 49.4 Å². The average Bonchev–Trinajstić information content (AvgIpc) is 3.32. The van der Waals surface area contributed by atoms with Gasteiger partial charge in [-0.1, -0.05) is 34.6 Å². The number of nitrogens with zero attached hydrogens (tertiary/aromatic N) is 1. The third-order valence-corrected chi connectivity index (χ3v) is 16.5. The first-order chi connectivity index (χ1) is 23.9. The van der Waals surface area contributed by atoms with Gasteiger partial charge in [0, 0.05) is 18.9 Å². The number of furan rings is 1. The Morgan fingerprint density at radius 1 is 1.06 bits per heavy atom. The average molecular weight is 712 g/mol. The molecule has 284 valence electrons. The van der Waals surface area contributed by atoms with Crippen LogP contribution in [-0.4, -0.2) is 89.1 Å². The van der Waals surface area contributed by atoms with Crippen LogP contribution < -0.4 is 0 Å². The molecule has 5 saturated carbocycles. The molecule has 2 unspecified atom stereocenters. The van der Waals surface area contributed by atoms with E-state index in [9.17, 15) is 19.8 Å². The normalized spacial score (nSPS) is 47.6. The van der Waals surface area contributed by atoms with E-state index in [-0.39, 0.29) is 57.0 Å². The molecule has 2 aliphatic heterocycles. The van der Waals surface area contributed by atoms with Crippen molar-refractivity contribution >= 4 is 11.9 Å². The molecule has 0 aromatic carbocycles. The van der Waals surface area contributed by atoms with Gasteiger partial charge in [-0.3, -0.25) is 9.59 Å². The number of aliphatic hydroxyl groups is 2. The van der Waals surface area contributed by atoms with Crippen molar-refractivity contribution < 1.29 is 43.2 Å². The Labute approximate surface area is 303 Å². The largest absolute Gasteiger partial charge is 0.459 e. The lowest BCUT2D eigenvalue weighted by Crippen LogP contribution is -2.60. The zero-order chi connectivity index (χ0) is 36.5. The molecule has 0 radical (unpaired) electrons. The highest BCUT2D eigenvalue weighted by Crippen LogP contribution is 2.89. The summed E-state index contributed by atoms with van der Waals surface area (Å²) in [5.74, 6) is 1.12. The molecule has 3 heterocycles. The number of carbonyl (C=O) groups excluding carboxylic acids is 2. The first-order valence-electron chi connectivity index (χ1n) is 19.7. The second kappa shape index (κ2) is 11.8. The van der Waals surface area contributed by atoms with Crippen LogP contribution in [0.2, 0.25) is 0 Å². The first-order valence-corrected chi connectivity index (χ1v) is 19.7. The molecule has 7 aliphatic rings. The number of hydrogen-bond donors (Lipinski definition) is 2. The predicted molar refractivity (Wildman–Crippen MR) is 187 cm³/mol. The van der Waals surface area contributed by atoms with Crippen molar-refractivity contribution in [3.8, 4) is 0 Å². The molecular weight excluding hydrogens is 650 g/mol. The molecule has 7 fully saturated rings. The van der Waals surface area contributed by atoms with E-state index in [0.29, 0.717) is 43.7 Å². The summed E-state index contributed by atoms with van der Waals surface area (Å²) >= 11 is 0. The van der Waals surface area contributed by atoms with Crippen LogP contribution in [0.3, 0.4) is 0 Å². The Morgan fingerprint density at radius 3 is 2.47 bits per heavy atom. The minimum absolute atomic E-state index is 0.0301. The number of fused-ring (bicyclic) bond motifs is 4. The molecule has 10 nitrogen and oxygen atoms in total. The van der Waals surface area contributed by atoms with Crippen LogP contribution in [0.15, 0.2) is 22.8 Å². The molecule has 2 saturated heterocycles. The number of aliphatic hydroxyl groups excluding tert-OH is 1. The molecule has 5 aliphatic carbocycles. The van der Waals surface area contributed by atoms with Crippen molar-refractivity contribution in [1.82, 2.24) is 4.90 Å². The summed E-state index contributed by atoms with van der Waals surface area (Å²) < 4.78 is 30.8. The lowest BCUT2D eigenvalue weighted by Gasteiger charge is -2.64. The van der Waals surface area contributed by atoms with Gasteiger partial charge in [0.1, 0.15) is 0 Å². The maximum Gasteiger partial charge on any atom is 0.303 e. The molecule has 1 aromatic rings. The molecule has 8 rings (SSSR count). The summed E-state index contributed by atoms with van der Waals surface area (Å²) in [7, 11) is 0. The summed E-state index contributed by atoms with van der Waals surface area (Å²) in [5, 5.41) is 23.6. The summed E-state index contributed by atoms with van der Waals surface area (Å²) in [6.07, 6.45) is 7.21. The Hall–Kier alpha value is -1.98. The summed E-state index contributed by atoms with van der Waals surface area (Å²) in [5.41, 5.74) is -1.31. The van der Waals surface area contributed by atoms with Gasteiger partial charge in [0.2, 0.25) is 0 Å². The van der Waals surface area contributed by atoms with Gasteiger partial charge in [-0.2, -0.15) is 0 Å². The van der Waals surface area contributed by atoms with Crippen LogP contribution in [0, 0.1) is 50.7 Å². The zero-order valence-corrected chi connectivity index (χ0v) is 32.0. The van der Waals surface area contributed by atoms with E-state index < -0.39 is 36.2 Å². The highest BCUT2D eigenvalue weighted by Gasteiger charge is 2.84. The fourth-order valence-corrected chi connectivity index (χ4v) is 14.2. The number of rotatable bonds is 6. The Morgan fingerprint density at radius 2 is 1.78 bits per heavy atom. The SMILES string of the molecule is CC(=O)O[C@@H]([C@H]1C[C@@H](C)[C@H]2[C@H](O1)[C@H](O)[C@@]1(C)[C@@H]3CC[C@H]4C(C)(C)C(O[C@H]5CN(C(=O)c6ccco6)CCO5)CCC45C[C@@]35CC[C@]21C)C(C)(C)O. The minimum Gasteiger partial charge on any atom is -0.459 e. The lowest BCUT2D eigenvalue weighted by atomic mass is 9.41. The van der Waals surface area contributed by atoms with Crippen LogP contribution in [-0.2, 0) is 23.7 Å². The summed E-state index contributed by atoms with van der Waals surface area (Å²) in [4.78, 5) is 26.9. The third-order valence-electron chi connectivity index (χ3n) is 16.5. The molecule has 10 heteroatoms. The fourth-order valence-electron chi connectivity index (χ4n) is 14.2. The Kier molecular flexibility index (Phi) is 8.30. The topological polar surface area (TPSA) is 128 Å². The second-order valence-corrected chi connectivity index (χ2v) is 19.4. The van der Waals surface area contributed by atoms with Crippen molar-refractivity contribution in [2.24, 2.45) is 50.7 Å². The second-order valence-electron chi connectivity index (χ2n) is 19.4. The molecule has 1 amide bonds. The standard InChI is InChI=1S/C41H61NO9/c1-23-20-26(34(37(5,6)46)49-24(2)43)50-32-31(23)38(7)15-16-41-22-40(41)14-13-29(36(3,4)27(40)11-12-28(41)39(38,8)33(32)44)51-30-21-42(17-19-48-30)35(45)25-10-9-18-47-25/h9-10,18,23,26-34,44,46H,11-17,19-22H2,1-8H3/t23-,26-,27+,28+,29?,30+,31+,32+,33+,34+,38-,39-,40?,41+/m1/s1. The van der Waals surface area contributed by atoms with E-state index in [0.717, 1.165) is 32.1 Å². The number of ether oxygens (including phenoxy) is 4. The smallest absolute Gasteiger partial charge is 0.303 e. The summed E-state index contributed by atoms with van der Waals surface area (Å²) in [6, 6.07) is 3.44. The van der Waals surface area contributed by atoms with Gasteiger partial charge in [0.25, 0.3) is 5.91 Å². The number of amides is 1. The molecule has 14 atom stereocenters. The maximum atomic E-state index is 13.0. The monoisotopic (exact) mass is 711 g/mol. The molecule has 51 heavy (non-hydrogen) atoms. The Bertz CT molecular complexity index is 1520. The van der Waals surface area contributed by atoms with Crippen LogP contribution in [0.25, 0.3) is 0 Å². The molecular formula is C41H61NO9. The van der Waals surface area contributed by atoms with Gasteiger partial charge in [-0.15, -0.1) is 0 Å². The number of morpholine rings is 1. The minimum atomic E-state index is -1.27. The van der Waals surface area contributed by atoms with Crippen molar-refractivity contribution in [2.45, 2.75) is 149 Å². The highest BCUT2D eigenvalue weighted by atomic mass is 16.7. The first kappa shape index (κ1) is 36.0. The summed E-state index contributed by atoms with van der Waals surface area (Å²) in [6.45, 7) is 18.0. The number of esters is 1. The van der Waals surface area contributed by atoms with Crippen LogP contribution >= 0.6 is 0 Å². The van der Waals surface area contributed by atoms with Gasteiger partial charge in [-0.25, -0.2) is 0 Å². The number of carbonyl (C=O) groups is 2. The van der Waals surface area contributed by atoms with E-state index in [1.807, 2.05) is 0 Å². The van der Waals surface area contributed by atoms with Gasteiger partial charge < -0.3 is 38.5 Å². The van der Waals surface area contributed by atoms with Crippen molar-refractivity contribution in [3.05, 3.63) is 24.2 Å². The van der Waals surface area contributed by atoms with E-state index in [1.165, 1.54) is 26.0 Å². The van der Waals surface area contributed by atoms with E-state index in [1.54, 1.807) is 30.9 Å². The highest BCUT2D eigenvalue weighted by molar-refractivity contribution is 5.91. The Balaban J connectivity index is 1.01. The van der Waals surface area contributed by atoms with Gasteiger partial charge >= 0.3 is 5.97 Å². The lowest BCUT2D eigenvalue weighted by molar-refractivity contribution is -0.245. The molecule has 0 bridgehead atoms. The molecule has 1 aromatic heterocycles. The third kappa shape index (κ3) is 4.97. The van der Waals surface area contributed by atoms with Gasteiger partial charge in [-0.05, 0) is 123 Å². The molecule has 2 spiro atoms. The van der Waals surface area contributed by atoms with E-state index >= 15 is 0 Å². The zero-order valence-electron chi connectivity index (χ0n) is 32.0. The number of hydrogen-bond acceptors (Lipinski definition) is 9. The molecule has 2 N–H and O–H groups in total. The quantitative estimate of drug-likeness (QED) is 0.343. The van der Waals surface area contributed by atoms with E-state index in [4.69, 9.17) is 23.4 Å². The van der Waals surface area contributed by atoms with Crippen LogP contribution in [0.5, 0.6) is 0 Å². The van der Waals surface area contributed by atoms with Crippen molar-refractivity contribution in [1.29, 1.82) is 0 Å². The van der Waals surface area contributed by atoms with E-state index in [2.05, 4.69) is 34.6 Å². The predicted octanol–water partition coefficient (Wildman–Crippen LogP) is 5.98. The van der Waals surface area contributed by atoms with Crippen LogP contribution in [0.1, 0.15) is 117 Å². The fraction of sp³-hybridized carbons (Fsp3) is 0.854. The maximum absolute atomic E-state index is 13.0. The van der Waals surface area contributed by atoms with Crippen LogP contribution in [0.4, 0.5) is 0 Å². The van der Waals surface area contributed by atoms with Gasteiger partial charge in [0.15, 0.2) is 18.2 Å². The van der Waals surface area contributed by atoms with Crippen molar-refractivity contribution in [3.63, 3.8) is 0 Å².